The zero-order valence-corrected chi connectivity index (χ0v) is 29.9. The lowest BCUT2D eigenvalue weighted by Crippen LogP contribution is -2.45. The first-order valence-electron chi connectivity index (χ1n) is 16.6. The first kappa shape index (κ1) is 40.6. The van der Waals surface area contributed by atoms with E-state index in [9.17, 15) is 34.2 Å². The predicted octanol–water partition coefficient (Wildman–Crippen LogP) is 4.32. The highest BCUT2D eigenvalue weighted by Crippen LogP contribution is 2.18. The monoisotopic (exact) mass is 739 g/mol. The average Bonchev–Trinajstić information content (AvgIpc) is 3.80. The normalized spacial score (nSPS) is 18.5. The van der Waals surface area contributed by atoms with Crippen molar-refractivity contribution in [2.24, 2.45) is 0 Å². The summed E-state index contributed by atoms with van der Waals surface area (Å²) in [4.78, 5) is 23.7. The molecular formula is C34H47F2N5O7S2. The van der Waals surface area contributed by atoms with Crippen LogP contribution in [-0.4, -0.2) is 92.8 Å². The van der Waals surface area contributed by atoms with Crippen LogP contribution in [0.1, 0.15) is 85.4 Å². The number of hydrogen-bond donors (Lipinski definition) is 2. The number of nitrogens with zero attached hydrogens (tertiary/aromatic N) is 3. The Morgan fingerprint density at radius 3 is 1.60 bits per heavy atom. The Kier molecular flexibility index (Phi) is 16.3. The predicted molar refractivity (Wildman–Crippen MR) is 186 cm³/mol. The maximum absolute atomic E-state index is 12.7. The molecule has 2 saturated heterocycles. The van der Waals surface area contributed by atoms with Gasteiger partial charge in [-0.25, -0.2) is 0 Å². The van der Waals surface area contributed by atoms with Gasteiger partial charge in [-0.15, -0.1) is 12.4 Å². The van der Waals surface area contributed by atoms with E-state index in [4.69, 9.17) is 4.74 Å². The summed E-state index contributed by atoms with van der Waals surface area (Å²) in [7, 11) is -9.27. The summed E-state index contributed by atoms with van der Waals surface area (Å²) in [6.45, 7) is 8.41. The van der Waals surface area contributed by atoms with Crippen molar-refractivity contribution in [2.75, 3.05) is 26.3 Å². The topological polar surface area (TPSA) is 145 Å². The van der Waals surface area contributed by atoms with E-state index in [1.807, 2.05) is 36.4 Å². The van der Waals surface area contributed by atoms with E-state index in [0.717, 1.165) is 42.1 Å². The van der Waals surface area contributed by atoms with E-state index in [0.29, 0.717) is 28.4 Å². The molecule has 3 heterocycles. The van der Waals surface area contributed by atoms with Crippen molar-refractivity contribution in [1.29, 1.82) is 0 Å². The van der Waals surface area contributed by atoms with Gasteiger partial charge >= 0.3 is 20.8 Å². The molecule has 0 atom stereocenters. The molecule has 1 aliphatic carbocycles. The molecule has 1 saturated carbocycles. The van der Waals surface area contributed by atoms with Gasteiger partial charge in [-0.3, -0.25) is 9.59 Å². The number of carbonyl (C=O) groups is 2. The summed E-state index contributed by atoms with van der Waals surface area (Å²) in [5.74, 6) is -0.121. The summed E-state index contributed by atoms with van der Waals surface area (Å²) < 4.78 is 74.6. The number of carbonyl (C=O) groups excluding carboxylic acids is 2. The van der Waals surface area contributed by atoms with Crippen molar-refractivity contribution < 1.29 is 47.5 Å². The SMILES string of the molecule is C1CCOC1.C=[N+]1[CH-]C=[N+](S(=O)(=O)F)[C-]1C.O=C(NC1CCCCC1)c1ccccc1.O=C(NC1CCN(S(=O)(=O)F)CC1)c1ccccc1. The van der Waals surface area contributed by atoms with Gasteiger partial charge in [0.25, 0.3) is 11.8 Å². The highest BCUT2D eigenvalue weighted by molar-refractivity contribution is 7.84. The van der Waals surface area contributed by atoms with Crippen LogP contribution in [0.15, 0.2) is 60.7 Å². The van der Waals surface area contributed by atoms with Crippen molar-refractivity contribution in [1.82, 2.24) is 14.9 Å². The minimum absolute atomic E-state index is 0.0718. The van der Waals surface area contributed by atoms with Crippen LogP contribution in [0, 0.1) is 12.7 Å². The van der Waals surface area contributed by atoms with Crippen LogP contribution in [0.3, 0.4) is 0 Å². The number of amides is 2. The number of halogens is 2. The first-order valence-corrected chi connectivity index (χ1v) is 19.3. The van der Waals surface area contributed by atoms with Gasteiger partial charge in [0.2, 0.25) is 6.17 Å². The molecule has 4 aliphatic rings. The molecule has 0 bridgehead atoms. The van der Waals surface area contributed by atoms with Crippen molar-refractivity contribution in [3.63, 3.8) is 0 Å². The van der Waals surface area contributed by atoms with E-state index in [2.05, 4.69) is 17.4 Å². The van der Waals surface area contributed by atoms with E-state index in [1.54, 1.807) is 24.3 Å². The van der Waals surface area contributed by atoms with E-state index in [1.165, 1.54) is 50.1 Å². The highest BCUT2D eigenvalue weighted by Gasteiger charge is 2.31. The van der Waals surface area contributed by atoms with Crippen molar-refractivity contribution in [3.05, 3.63) is 84.5 Å². The Hall–Kier alpha value is -3.86. The lowest BCUT2D eigenvalue weighted by Gasteiger charge is -2.29. The molecular weight excluding hydrogens is 693 g/mol. The quantitative estimate of drug-likeness (QED) is 0.255. The van der Waals surface area contributed by atoms with Gasteiger partial charge in [0, 0.05) is 56.1 Å². The zero-order valence-electron chi connectivity index (χ0n) is 28.3. The fourth-order valence-corrected chi connectivity index (χ4v) is 6.67. The molecule has 2 N–H and O–H groups in total. The molecule has 2 aromatic carbocycles. The standard InChI is InChI=1S/C13H17NO.C12H15FN2O3S.C5H7FN2O2S.C4H8O/c15-13(11-7-3-1-4-8-11)14-12-9-5-2-6-10-12;13-19(17,18)15-8-6-11(7-9-15)14-12(16)10-4-2-1-3-5-10;1-5-7(2)3-4-8(5)11(6,9)10;1-2-4-5-3-1/h1,3-4,7-8,12H,2,5-6,9-10H2,(H,14,15);1-5,11H,6-9H2,(H,14,16);3-4H,2H2,1H3;1-4H2. The number of rotatable bonds is 6. The van der Waals surface area contributed by atoms with Gasteiger partial charge in [0.15, 0.2) is 0 Å². The molecule has 2 amide bonds. The molecule has 6 rings (SSSR count). The van der Waals surface area contributed by atoms with Gasteiger partial charge in [-0.2, -0.15) is 12.7 Å². The van der Waals surface area contributed by atoms with Crippen LogP contribution >= 0.6 is 0 Å². The Morgan fingerprint density at radius 2 is 1.26 bits per heavy atom. The van der Waals surface area contributed by atoms with Crippen LogP contribution in [-0.2, 0) is 25.6 Å². The lowest BCUT2D eigenvalue weighted by molar-refractivity contribution is -0.585. The second-order valence-electron chi connectivity index (χ2n) is 12.0. The van der Waals surface area contributed by atoms with Gasteiger partial charge in [-0.05, 0) is 69.7 Å². The summed E-state index contributed by atoms with van der Waals surface area (Å²) in [6, 6.07) is 18.5. The van der Waals surface area contributed by atoms with Gasteiger partial charge in [0.05, 0.1) is 0 Å². The van der Waals surface area contributed by atoms with E-state index >= 15 is 0 Å². The van der Waals surface area contributed by atoms with Crippen molar-refractivity contribution in [3.8, 4) is 0 Å². The van der Waals surface area contributed by atoms with E-state index in [-0.39, 0.29) is 37.1 Å². The first-order chi connectivity index (χ1) is 23.8. The zero-order chi connectivity index (χ0) is 36.6. The molecule has 0 radical (unpaired) electrons. The van der Waals surface area contributed by atoms with Crippen molar-refractivity contribution >= 4 is 45.6 Å². The van der Waals surface area contributed by atoms with Gasteiger partial charge in [-0.1, -0.05) is 70.1 Å². The third-order valence-corrected chi connectivity index (χ3v) is 10.1. The number of piperidine rings is 1. The van der Waals surface area contributed by atoms with Crippen LogP contribution < -0.4 is 10.6 Å². The van der Waals surface area contributed by atoms with Crippen LogP contribution in [0.2, 0.25) is 0 Å². The number of nitrogens with one attached hydrogen (secondary N) is 2. The molecule has 0 unspecified atom stereocenters. The van der Waals surface area contributed by atoms with Gasteiger partial charge in [0.1, 0.15) is 6.21 Å². The Morgan fingerprint density at radius 1 is 0.800 bits per heavy atom. The largest absolute Gasteiger partial charge is 0.536 e. The number of benzene rings is 2. The van der Waals surface area contributed by atoms with Gasteiger partial charge < -0.3 is 19.9 Å². The second-order valence-corrected chi connectivity index (χ2v) is 14.6. The molecule has 50 heavy (non-hydrogen) atoms. The molecule has 12 nitrogen and oxygen atoms in total. The number of hydrogen-bond acceptors (Lipinski definition) is 7. The fraction of sp³-hybridized carbons (Fsp3) is 0.471. The Bertz CT molecular complexity index is 1620. The molecule has 16 heteroatoms. The summed E-state index contributed by atoms with van der Waals surface area (Å²) >= 11 is 0. The maximum Gasteiger partial charge on any atom is 0.536 e. The lowest BCUT2D eigenvalue weighted by atomic mass is 9.95. The Labute approximate surface area is 294 Å². The molecule has 276 valence electrons. The van der Waals surface area contributed by atoms with Crippen molar-refractivity contribution in [2.45, 2.75) is 76.8 Å². The molecule has 2 aromatic rings. The summed E-state index contributed by atoms with van der Waals surface area (Å²) in [6.07, 6.45) is 10.8. The average molecular weight is 740 g/mol. The minimum atomic E-state index is -4.66. The minimum Gasteiger partial charge on any atom is -0.434 e. The molecule has 3 aliphatic heterocycles. The maximum atomic E-state index is 12.7. The summed E-state index contributed by atoms with van der Waals surface area (Å²) in [5, 5.41) is 5.92. The number of ether oxygens (including phenoxy) is 1. The molecule has 0 aromatic heterocycles. The smallest absolute Gasteiger partial charge is 0.434 e. The highest BCUT2D eigenvalue weighted by atomic mass is 32.3. The fourth-order valence-electron chi connectivity index (χ4n) is 5.41. The molecule has 3 fully saturated rings. The molecule has 0 spiro atoms. The Balaban J connectivity index is 0.000000194. The third-order valence-electron chi connectivity index (χ3n) is 8.29. The summed E-state index contributed by atoms with van der Waals surface area (Å²) in [5.41, 5.74) is 1.33. The van der Waals surface area contributed by atoms with Crippen LogP contribution in [0.5, 0.6) is 0 Å². The second kappa shape index (κ2) is 20.1. The van der Waals surface area contributed by atoms with Crippen LogP contribution in [0.4, 0.5) is 7.77 Å². The third kappa shape index (κ3) is 14.2. The van der Waals surface area contributed by atoms with E-state index < -0.39 is 20.8 Å². The van der Waals surface area contributed by atoms with Crippen LogP contribution in [0.25, 0.3) is 0 Å².